The summed E-state index contributed by atoms with van der Waals surface area (Å²) in [6, 6.07) is 0.538. The molecule has 3 heteroatoms. The maximum absolute atomic E-state index is 11.9. The third-order valence-electron chi connectivity index (χ3n) is 2.43. The fraction of sp³-hybridized carbons (Fsp3) is 0.900. The lowest BCUT2D eigenvalue weighted by molar-refractivity contribution is -0.131. The lowest BCUT2D eigenvalue weighted by Gasteiger charge is -2.24. The number of nitrogens with zero attached hydrogens (tertiary/aromatic N) is 1. The van der Waals surface area contributed by atoms with Crippen LogP contribution in [0.2, 0.25) is 0 Å². The fourth-order valence-corrected chi connectivity index (χ4v) is 1.69. The highest BCUT2D eigenvalue weighted by Gasteiger charge is 2.34. The Morgan fingerprint density at radius 2 is 2.08 bits per heavy atom. The van der Waals surface area contributed by atoms with Crippen LogP contribution < -0.4 is 0 Å². The number of amides is 1. The van der Waals surface area contributed by atoms with E-state index in [0.29, 0.717) is 12.0 Å². The predicted molar refractivity (Wildman–Crippen MR) is 58.0 cm³/mol. The number of hydrogen-bond acceptors (Lipinski definition) is 1. The Hall–Kier alpha value is -0.0500. The van der Waals surface area contributed by atoms with Crippen molar-refractivity contribution in [2.45, 2.75) is 44.5 Å². The van der Waals surface area contributed by atoms with Crippen molar-refractivity contribution in [3.8, 4) is 0 Å². The molecule has 0 aromatic rings. The number of carbonyl (C=O) groups is 1. The minimum absolute atomic E-state index is 0.00644. The Labute approximate surface area is 88.8 Å². The highest BCUT2D eigenvalue weighted by Crippen LogP contribution is 2.29. The van der Waals surface area contributed by atoms with Crippen LogP contribution in [0.4, 0.5) is 0 Å². The summed E-state index contributed by atoms with van der Waals surface area (Å²) in [6.45, 7) is 7.03. The standard InChI is InChI=1S/C10H18BrNO/c1-4-12(8-5-6-8)10(13)9(11)7(2)3/h7-9H,4-6H2,1-3H3. The number of rotatable bonds is 4. The van der Waals surface area contributed by atoms with Crippen molar-refractivity contribution < 1.29 is 4.79 Å². The normalized spacial score (nSPS) is 18.8. The van der Waals surface area contributed by atoms with Gasteiger partial charge < -0.3 is 4.90 Å². The van der Waals surface area contributed by atoms with Crippen LogP contribution in [0.15, 0.2) is 0 Å². The van der Waals surface area contributed by atoms with Crippen LogP contribution >= 0.6 is 15.9 Å². The molecule has 1 aliphatic rings. The fourth-order valence-electron chi connectivity index (χ4n) is 1.42. The lowest BCUT2D eigenvalue weighted by atomic mass is 10.1. The van der Waals surface area contributed by atoms with Gasteiger partial charge in [-0.25, -0.2) is 0 Å². The van der Waals surface area contributed by atoms with Gasteiger partial charge in [0.2, 0.25) is 5.91 Å². The first-order valence-electron chi connectivity index (χ1n) is 5.02. The van der Waals surface area contributed by atoms with Gasteiger partial charge in [-0.05, 0) is 25.7 Å². The van der Waals surface area contributed by atoms with E-state index in [2.05, 4.69) is 36.7 Å². The smallest absolute Gasteiger partial charge is 0.236 e. The molecule has 0 bridgehead atoms. The maximum atomic E-state index is 11.9. The first kappa shape index (κ1) is 11.0. The van der Waals surface area contributed by atoms with Crippen LogP contribution in [0, 0.1) is 5.92 Å². The molecule has 0 heterocycles. The summed E-state index contributed by atoms with van der Waals surface area (Å²) in [4.78, 5) is 13.9. The largest absolute Gasteiger partial charge is 0.339 e. The summed E-state index contributed by atoms with van der Waals surface area (Å²) in [5.74, 6) is 0.639. The summed E-state index contributed by atoms with van der Waals surface area (Å²) in [6.07, 6.45) is 2.38. The van der Waals surface area contributed by atoms with E-state index in [9.17, 15) is 4.79 Å². The highest BCUT2D eigenvalue weighted by molar-refractivity contribution is 9.10. The van der Waals surface area contributed by atoms with E-state index in [1.54, 1.807) is 0 Å². The molecule has 1 fully saturated rings. The Bertz CT molecular complexity index is 189. The van der Waals surface area contributed by atoms with Crippen LogP contribution in [0.3, 0.4) is 0 Å². The molecule has 76 valence electrons. The molecule has 1 atom stereocenters. The molecule has 1 saturated carbocycles. The van der Waals surface area contributed by atoms with Gasteiger partial charge in [-0.15, -0.1) is 0 Å². The van der Waals surface area contributed by atoms with Crippen LogP contribution in [-0.2, 0) is 4.79 Å². The highest BCUT2D eigenvalue weighted by atomic mass is 79.9. The van der Waals surface area contributed by atoms with Crippen molar-refractivity contribution in [3.05, 3.63) is 0 Å². The summed E-state index contributed by atoms with van der Waals surface area (Å²) < 4.78 is 0. The molecule has 13 heavy (non-hydrogen) atoms. The maximum Gasteiger partial charge on any atom is 0.236 e. The Morgan fingerprint density at radius 3 is 2.38 bits per heavy atom. The minimum Gasteiger partial charge on any atom is -0.339 e. The lowest BCUT2D eigenvalue weighted by Crippen LogP contribution is -2.40. The van der Waals surface area contributed by atoms with E-state index in [0.717, 1.165) is 6.54 Å². The summed E-state index contributed by atoms with van der Waals surface area (Å²) >= 11 is 3.45. The molecule has 0 spiro atoms. The Kier molecular flexibility index (Phi) is 3.77. The van der Waals surface area contributed by atoms with Gasteiger partial charge in [0.1, 0.15) is 0 Å². The summed E-state index contributed by atoms with van der Waals surface area (Å²) in [7, 11) is 0. The monoisotopic (exact) mass is 247 g/mol. The van der Waals surface area contributed by atoms with E-state index in [4.69, 9.17) is 0 Å². The molecule has 0 aromatic carbocycles. The predicted octanol–water partition coefficient (Wildman–Crippen LogP) is 2.42. The zero-order valence-electron chi connectivity index (χ0n) is 8.59. The van der Waals surface area contributed by atoms with Gasteiger partial charge in [-0.1, -0.05) is 29.8 Å². The van der Waals surface area contributed by atoms with E-state index < -0.39 is 0 Å². The zero-order valence-corrected chi connectivity index (χ0v) is 10.2. The van der Waals surface area contributed by atoms with E-state index in [-0.39, 0.29) is 10.7 Å². The van der Waals surface area contributed by atoms with Gasteiger partial charge in [0.15, 0.2) is 0 Å². The molecule has 1 unspecified atom stereocenters. The topological polar surface area (TPSA) is 20.3 Å². The van der Waals surface area contributed by atoms with Crippen molar-refractivity contribution in [2.24, 2.45) is 5.92 Å². The van der Waals surface area contributed by atoms with Gasteiger partial charge in [0, 0.05) is 12.6 Å². The Balaban J connectivity index is 2.52. The molecule has 0 saturated heterocycles. The molecule has 1 aliphatic carbocycles. The molecular formula is C10H18BrNO. The van der Waals surface area contributed by atoms with Gasteiger partial charge in [0.25, 0.3) is 0 Å². The minimum atomic E-state index is -0.00644. The second kappa shape index (κ2) is 4.45. The average Bonchev–Trinajstić information content (AvgIpc) is 2.88. The van der Waals surface area contributed by atoms with Crippen molar-refractivity contribution in [2.75, 3.05) is 6.54 Å². The van der Waals surface area contributed by atoms with Crippen molar-refractivity contribution in [1.82, 2.24) is 4.90 Å². The van der Waals surface area contributed by atoms with Crippen molar-refractivity contribution in [1.29, 1.82) is 0 Å². The molecule has 0 radical (unpaired) electrons. The van der Waals surface area contributed by atoms with Gasteiger partial charge in [-0.3, -0.25) is 4.79 Å². The molecular weight excluding hydrogens is 230 g/mol. The first-order valence-corrected chi connectivity index (χ1v) is 5.94. The van der Waals surface area contributed by atoms with Gasteiger partial charge >= 0.3 is 0 Å². The van der Waals surface area contributed by atoms with Crippen molar-refractivity contribution in [3.63, 3.8) is 0 Å². The quantitative estimate of drug-likeness (QED) is 0.699. The van der Waals surface area contributed by atoms with E-state index in [1.165, 1.54) is 12.8 Å². The van der Waals surface area contributed by atoms with Gasteiger partial charge in [0.05, 0.1) is 4.83 Å². The van der Waals surface area contributed by atoms with Crippen LogP contribution in [0.25, 0.3) is 0 Å². The summed E-state index contributed by atoms with van der Waals surface area (Å²) in [5, 5.41) is 0. The second-order valence-corrected chi connectivity index (χ2v) is 4.99. The average molecular weight is 248 g/mol. The number of alkyl halides is 1. The van der Waals surface area contributed by atoms with E-state index >= 15 is 0 Å². The number of carbonyl (C=O) groups excluding carboxylic acids is 1. The zero-order chi connectivity index (χ0) is 10.0. The Morgan fingerprint density at radius 1 is 1.54 bits per heavy atom. The molecule has 0 aromatic heterocycles. The van der Waals surface area contributed by atoms with E-state index in [1.807, 2.05) is 4.90 Å². The number of hydrogen-bond donors (Lipinski definition) is 0. The second-order valence-electron chi connectivity index (χ2n) is 4.00. The van der Waals surface area contributed by atoms with Crippen LogP contribution in [0.5, 0.6) is 0 Å². The van der Waals surface area contributed by atoms with Crippen LogP contribution in [0.1, 0.15) is 33.6 Å². The molecule has 0 N–H and O–H groups in total. The van der Waals surface area contributed by atoms with Crippen LogP contribution in [-0.4, -0.2) is 28.2 Å². The van der Waals surface area contributed by atoms with Crippen molar-refractivity contribution >= 4 is 21.8 Å². The molecule has 0 aliphatic heterocycles. The molecule has 2 nitrogen and oxygen atoms in total. The molecule has 1 amide bonds. The number of halogens is 1. The third kappa shape index (κ3) is 2.70. The summed E-state index contributed by atoms with van der Waals surface area (Å²) in [5.41, 5.74) is 0. The first-order chi connectivity index (χ1) is 6.07. The third-order valence-corrected chi connectivity index (χ3v) is 3.88. The van der Waals surface area contributed by atoms with Gasteiger partial charge in [-0.2, -0.15) is 0 Å². The molecule has 1 rings (SSSR count). The SMILES string of the molecule is CCN(C(=O)C(Br)C(C)C)C1CC1.